The van der Waals surface area contributed by atoms with Gasteiger partial charge >= 0.3 is 5.97 Å². The predicted molar refractivity (Wildman–Crippen MR) is 69.7 cm³/mol. The number of carboxylic acids is 1. The van der Waals surface area contributed by atoms with Crippen LogP contribution in [-0.2, 0) is 11.3 Å². The molecule has 0 aromatic heterocycles. The lowest BCUT2D eigenvalue weighted by atomic mass is 9.99. The van der Waals surface area contributed by atoms with Gasteiger partial charge in [-0.15, -0.1) is 0 Å². The van der Waals surface area contributed by atoms with Crippen LogP contribution in [0.15, 0.2) is 22.7 Å². The molecule has 1 aliphatic heterocycles. The van der Waals surface area contributed by atoms with Gasteiger partial charge in [0.2, 0.25) is 0 Å². The Kier molecular flexibility index (Phi) is 4.02. The molecule has 1 aliphatic rings. The Morgan fingerprint density at radius 3 is 2.89 bits per heavy atom. The predicted octanol–water partition coefficient (Wildman–Crippen LogP) is 2.74. The molecule has 1 saturated heterocycles. The Morgan fingerprint density at radius 2 is 2.28 bits per heavy atom. The Balaban J connectivity index is 2.07. The largest absolute Gasteiger partial charge is 0.481 e. The van der Waals surface area contributed by atoms with Crippen molar-refractivity contribution in [2.75, 3.05) is 13.1 Å². The van der Waals surface area contributed by atoms with Crippen molar-refractivity contribution in [3.05, 3.63) is 34.1 Å². The van der Waals surface area contributed by atoms with Gasteiger partial charge in [0.25, 0.3) is 0 Å². The molecular weight excluding hydrogens is 301 g/mol. The van der Waals surface area contributed by atoms with Crippen LogP contribution in [0.1, 0.15) is 12.5 Å². The molecule has 0 spiro atoms. The van der Waals surface area contributed by atoms with E-state index in [1.54, 1.807) is 6.07 Å². The maximum Gasteiger partial charge on any atom is 0.308 e. The highest BCUT2D eigenvalue weighted by Gasteiger charge is 2.34. The third kappa shape index (κ3) is 2.90. The maximum absolute atomic E-state index is 13.2. The summed E-state index contributed by atoms with van der Waals surface area (Å²) in [6, 6.07) is 4.57. The van der Waals surface area contributed by atoms with E-state index in [4.69, 9.17) is 5.11 Å². The van der Waals surface area contributed by atoms with E-state index in [1.807, 2.05) is 6.92 Å². The lowest BCUT2D eigenvalue weighted by Crippen LogP contribution is -2.23. The number of hydrogen-bond donors (Lipinski definition) is 1. The molecule has 2 unspecified atom stereocenters. The van der Waals surface area contributed by atoms with Crippen molar-refractivity contribution in [1.82, 2.24) is 4.90 Å². The first-order valence-electron chi connectivity index (χ1n) is 5.86. The van der Waals surface area contributed by atoms with Gasteiger partial charge in [0.1, 0.15) is 5.82 Å². The molecule has 2 atom stereocenters. The van der Waals surface area contributed by atoms with Gasteiger partial charge in [-0.2, -0.15) is 0 Å². The quantitative estimate of drug-likeness (QED) is 0.932. The fraction of sp³-hybridized carbons (Fsp3) is 0.462. The van der Waals surface area contributed by atoms with Crippen molar-refractivity contribution >= 4 is 21.9 Å². The molecule has 1 aromatic rings. The van der Waals surface area contributed by atoms with Gasteiger partial charge in [0.15, 0.2) is 0 Å². The van der Waals surface area contributed by atoms with Gasteiger partial charge in [-0.25, -0.2) is 4.39 Å². The van der Waals surface area contributed by atoms with E-state index in [0.717, 1.165) is 16.6 Å². The molecule has 1 N–H and O–H groups in total. The molecule has 0 saturated carbocycles. The van der Waals surface area contributed by atoms with Gasteiger partial charge in [0, 0.05) is 24.1 Å². The number of aliphatic carboxylic acids is 1. The van der Waals surface area contributed by atoms with Gasteiger partial charge in [-0.3, -0.25) is 9.69 Å². The van der Waals surface area contributed by atoms with Crippen LogP contribution in [0.5, 0.6) is 0 Å². The highest BCUT2D eigenvalue weighted by molar-refractivity contribution is 9.10. The molecule has 0 bridgehead atoms. The zero-order valence-electron chi connectivity index (χ0n) is 10.1. The Labute approximate surface area is 114 Å². The summed E-state index contributed by atoms with van der Waals surface area (Å²) < 4.78 is 14.0. The summed E-state index contributed by atoms with van der Waals surface area (Å²) in [5.74, 6) is -1.20. The van der Waals surface area contributed by atoms with Crippen molar-refractivity contribution < 1.29 is 14.3 Å². The average molecular weight is 316 g/mol. The maximum atomic E-state index is 13.2. The summed E-state index contributed by atoms with van der Waals surface area (Å²) >= 11 is 3.39. The Hall–Kier alpha value is -0.940. The topological polar surface area (TPSA) is 40.5 Å². The lowest BCUT2D eigenvalue weighted by molar-refractivity contribution is -0.142. The van der Waals surface area contributed by atoms with Crippen LogP contribution < -0.4 is 0 Å². The first-order chi connectivity index (χ1) is 8.47. The second kappa shape index (κ2) is 5.36. The van der Waals surface area contributed by atoms with Gasteiger partial charge in [-0.05, 0) is 29.7 Å². The first kappa shape index (κ1) is 13.5. The molecule has 1 heterocycles. The smallest absolute Gasteiger partial charge is 0.308 e. The molecule has 18 heavy (non-hydrogen) atoms. The van der Waals surface area contributed by atoms with Crippen LogP contribution in [0.2, 0.25) is 0 Å². The lowest BCUT2D eigenvalue weighted by Gasteiger charge is -2.16. The Morgan fingerprint density at radius 1 is 1.56 bits per heavy atom. The van der Waals surface area contributed by atoms with E-state index < -0.39 is 5.97 Å². The second-order valence-corrected chi connectivity index (χ2v) is 5.71. The molecule has 98 valence electrons. The zero-order valence-corrected chi connectivity index (χ0v) is 11.7. The number of halogens is 2. The molecule has 0 amide bonds. The number of likely N-dealkylation sites (tertiary alicyclic amines) is 1. The summed E-state index contributed by atoms with van der Waals surface area (Å²) in [7, 11) is 0. The van der Waals surface area contributed by atoms with E-state index in [-0.39, 0.29) is 17.7 Å². The summed E-state index contributed by atoms with van der Waals surface area (Å²) in [6.45, 7) is 3.78. The van der Waals surface area contributed by atoms with Crippen LogP contribution >= 0.6 is 15.9 Å². The summed E-state index contributed by atoms with van der Waals surface area (Å²) in [5.41, 5.74) is 0.855. The highest BCUT2D eigenvalue weighted by atomic mass is 79.9. The summed E-state index contributed by atoms with van der Waals surface area (Å²) in [4.78, 5) is 13.1. The molecule has 1 fully saturated rings. The third-order valence-electron chi connectivity index (χ3n) is 3.41. The van der Waals surface area contributed by atoms with Crippen molar-refractivity contribution in [2.45, 2.75) is 13.5 Å². The van der Waals surface area contributed by atoms with Gasteiger partial charge in [0.05, 0.1) is 5.92 Å². The zero-order chi connectivity index (χ0) is 13.3. The molecule has 1 aromatic carbocycles. The van der Waals surface area contributed by atoms with Crippen LogP contribution in [-0.4, -0.2) is 29.1 Å². The summed E-state index contributed by atoms with van der Waals surface area (Å²) in [6.07, 6.45) is 0. The van der Waals surface area contributed by atoms with Gasteiger partial charge < -0.3 is 5.11 Å². The van der Waals surface area contributed by atoms with Crippen LogP contribution in [0.4, 0.5) is 4.39 Å². The number of hydrogen-bond acceptors (Lipinski definition) is 2. The minimum atomic E-state index is -0.747. The minimum absolute atomic E-state index is 0.134. The molecule has 0 aliphatic carbocycles. The molecule has 0 radical (unpaired) electrons. The molecule has 5 heteroatoms. The number of rotatable bonds is 3. The highest BCUT2D eigenvalue weighted by Crippen LogP contribution is 2.27. The summed E-state index contributed by atoms with van der Waals surface area (Å²) in [5, 5.41) is 9.07. The van der Waals surface area contributed by atoms with E-state index in [9.17, 15) is 9.18 Å². The van der Waals surface area contributed by atoms with E-state index in [2.05, 4.69) is 20.8 Å². The fourth-order valence-corrected chi connectivity index (χ4v) is 2.80. The second-order valence-electron chi connectivity index (χ2n) is 4.85. The SMILES string of the molecule is CC1CN(Cc2cc(F)ccc2Br)CC1C(=O)O. The number of nitrogens with zero attached hydrogens (tertiary/aromatic N) is 1. The molecule has 3 nitrogen and oxygen atoms in total. The van der Waals surface area contributed by atoms with Crippen molar-refractivity contribution in [3.63, 3.8) is 0 Å². The minimum Gasteiger partial charge on any atom is -0.481 e. The monoisotopic (exact) mass is 315 g/mol. The standard InChI is InChI=1S/C13H15BrFNO2/c1-8-5-16(7-11(8)13(17)18)6-9-4-10(15)2-3-12(9)14/h2-4,8,11H,5-7H2,1H3,(H,17,18). The molecule has 2 rings (SSSR count). The van der Waals surface area contributed by atoms with Crippen LogP contribution in [0.3, 0.4) is 0 Å². The van der Waals surface area contributed by atoms with E-state index >= 15 is 0 Å². The van der Waals surface area contributed by atoms with Crippen LogP contribution in [0, 0.1) is 17.7 Å². The third-order valence-corrected chi connectivity index (χ3v) is 4.18. The normalized spacial score (nSPS) is 24.4. The molecular formula is C13H15BrFNO2. The number of benzene rings is 1. The average Bonchev–Trinajstić information content (AvgIpc) is 2.65. The van der Waals surface area contributed by atoms with Gasteiger partial charge in [-0.1, -0.05) is 22.9 Å². The van der Waals surface area contributed by atoms with Crippen molar-refractivity contribution in [1.29, 1.82) is 0 Å². The van der Waals surface area contributed by atoms with Crippen molar-refractivity contribution in [3.8, 4) is 0 Å². The van der Waals surface area contributed by atoms with Crippen molar-refractivity contribution in [2.24, 2.45) is 11.8 Å². The fourth-order valence-electron chi connectivity index (χ4n) is 2.42. The first-order valence-corrected chi connectivity index (χ1v) is 6.65. The number of carbonyl (C=O) groups is 1. The Bertz CT molecular complexity index is 466. The van der Waals surface area contributed by atoms with E-state index in [0.29, 0.717) is 13.1 Å². The number of carboxylic acid groups (broad SMARTS) is 1. The van der Waals surface area contributed by atoms with E-state index in [1.165, 1.54) is 12.1 Å². The van der Waals surface area contributed by atoms with Crippen LogP contribution in [0.25, 0.3) is 0 Å².